The van der Waals surface area contributed by atoms with Crippen molar-refractivity contribution < 1.29 is 5.11 Å². The molecule has 0 aliphatic rings. The van der Waals surface area contributed by atoms with Crippen molar-refractivity contribution in [3.8, 4) is 0 Å². The molecule has 0 spiro atoms. The monoisotopic (exact) mass is 216 g/mol. The Morgan fingerprint density at radius 2 is 2.36 bits per heavy atom. The number of tetrazole rings is 1. The molecule has 1 N–H and O–H groups in total. The van der Waals surface area contributed by atoms with Gasteiger partial charge < -0.3 is 5.11 Å². The van der Waals surface area contributed by atoms with E-state index in [2.05, 4.69) is 22.4 Å². The van der Waals surface area contributed by atoms with Crippen molar-refractivity contribution in [2.24, 2.45) is 0 Å². The molecule has 6 heteroatoms. The van der Waals surface area contributed by atoms with Gasteiger partial charge in [0.05, 0.1) is 12.4 Å². The minimum absolute atomic E-state index is 0.210. The highest BCUT2D eigenvalue weighted by Crippen LogP contribution is 2.08. The van der Waals surface area contributed by atoms with E-state index in [1.54, 1.807) is 11.8 Å². The lowest BCUT2D eigenvalue weighted by atomic mass is 10.3. The van der Waals surface area contributed by atoms with E-state index in [0.717, 1.165) is 36.7 Å². The molecule has 14 heavy (non-hydrogen) atoms. The van der Waals surface area contributed by atoms with Crippen LogP contribution < -0.4 is 0 Å². The van der Waals surface area contributed by atoms with Crippen molar-refractivity contribution in [1.29, 1.82) is 0 Å². The van der Waals surface area contributed by atoms with Crippen LogP contribution in [-0.4, -0.2) is 37.7 Å². The highest BCUT2D eigenvalue weighted by molar-refractivity contribution is 7.98. The van der Waals surface area contributed by atoms with Crippen LogP contribution in [0.15, 0.2) is 0 Å². The van der Waals surface area contributed by atoms with Crippen molar-refractivity contribution in [3.63, 3.8) is 0 Å². The van der Waals surface area contributed by atoms with E-state index in [1.807, 2.05) is 4.68 Å². The van der Waals surface area contributed by atoms with Crippen molar-refractivity contribution in [2.45, 2.75) is 32.1 Å². The Kier molecular flexibility index (Phi) is 5.55. The van der Waals surface area contributed by atoms with Gasteiger partial charge in [0.2, 0.25) is 0 Å². The summed E-state index contributed by atoms with van der Waals surface area (Å²) in [6.07, 6.45) is 2.24. The van der Waals surface area contributed by atoms with Gasteiger partial charge in [-0.25, -0.2) is 4.68 Å². The summed E-state index contributed by atoms with van der Waals surface area (Å²) in [4.78, 5) is 0. The van der Waals surface area contributed by atoms with E-state index in [4.69, 9.17) is 5.11 Å². The van der Waals surface area contributed by atoms with E-state index < -0.39 is 0 Å². The number of aryl methyl sites for hydroxylation is 1. The zero-order valence-corrected chi connectivity index (χ0v) is 9.20. The number of unbranched alkanes of at least 4 members (excludes halogenated alkanes) is 1. The van der Waals surface area contributed by atoms with Crippen LogP contribution in [0.4, 0.5) is 0 Å². The molecule has 0 bridgehead atoms. The quantitative estimate of drug-likeness (QED) is 0.680. The van der Waals surface area contributed by atoms with Gasteiger partial charge >= 0.3 is 0 Å². The molecule has 1 aromatic heterocycles. The highest BCUT2D eigenvalue weighted by atomic mass is 32.2. The van der Waals surface area contributed by atoms with Crippen LogP contribution in [0.2, 0.25) is 0 Å². The molecule has 5 nitrogen and oxygen atoms in total. The summed E-state index contributed by atoms with van der Waals surface area (Å²) in [6, 6.07) is 0. The third-order valence-electron chi connectivity index (χ3n) is 1.80. The predicted octanol–water partition coefficient (Wildman–Crippen LogP) is 0.699. The summed E-state index contributed by atoms with van der Waals surface area (Å²) in [5.41, 5.74) is 0. The Morgan fingerprint density at radius 3 is 3.07 bits per heavy atom. The fourth-order valence-corrected chi connectivity index (χ4v) is 1.70. The number of hydrogen-bond acceptors (Lipinski definition) is 5. The Balaban J connectivity index is 2.37. The molecule has 0 aromatic carbocycles. The lowest BCUT2D eigenvalue weighted by Gasteiger charge is -2.02. The summed E-state index contributed by atoms with van der Waals surface area (Å²) in [5.74, 6) is 2.41. The van der Waals surface area contributed by atoms with E-state index in [9.17, 15) is 0 Å². The Morgan fingerprint density at radius 1 is 1.50 bits per heavy atom. The average molecular weight is 216 g/mol. The molecule has 0 fully saturated rings. The summed E-state index contributed by atoms with van der Waals surface area (Å²) in [6.45, 7) is 3.24. The molecule has 0 saturated carbocycles. The molecular formula is C8H16N4OS. The second kappa shape index (κ2) is 6.78. The number of rotatable bonds is 7. The standard InChI is InChI=1S/C8H16N4OS/c1-2-3-4-12-8(9-10-11-12)7-14-6-5-13/h13H,2-7H2,1H3. The topological polar surface area (TPSA) is 63.8 Å². The smallest absolute Gasteiger partial charge is 0.161 e. The maximum atomic E-state index is 8.63. The van der Waals surface area contributed by atoms with Gasteiger partial charge in [0.15, 0.2) is 5.82 Å². The number of aromatic nitrogens is 4. The molecule has 0 radical (unpaired) electrons. The zero-order chi connectivity index (χ0) is 10.2. The maximum Gasteiger partial charge on any atom is 0.161 e. The molecular weight excluding hydrogens is 200 g/mol. The van der Waals surface area contributed by atoms with Crippen LogP contribution >= 0.6 is 11.8 Å². The summed E-state index contributed by atoms with van der Waals surface area (Å²) in [5, 5.41) is 20.1. The molecule has 1 heterocycles. The normalized spacial score (nSPS) is 10.7. The summed E-state index contributed by atoms with van der Waals surface area (Å²) in [7, 11) is 0. The Hall–Kier alpha value is -0.620. The first-order valence-corrected chi connectivity index (χ1v) is 5.97. The van der Waals surface area contributed by atoms with E-state index in [-0.39, 0.29) is 6.61 Å². The minimum Gasteiger partial charge on any atom is -0.396 e. The van der Waals surface area contributed by atoms with Gasteiger partial charge in [-0.05, 0) is 16.8 Å². The van der Waals surface area contributed by atoms with Gasteiger partial charge in [-0.15, -0.1) is 5.10 Å². The van der Waals surface area contributed by atoms with Crippen LogP contribution in [0.5, 0.6) is 0 Å². The number of nitrogens with zero attached hydrogens (tertiary/aromatic N) is 4. The molecule has 0 aliphatic heterocycles. The van der Waals surface area contributed by atoms with Crippen LogP contribution in [0, 0.1) is 0 Å². The van der Waals surface area contributed by atoms with Gasteiger partial charge in [0, 0.05) is 12.3 Å². The molecule has 1 rings (SSSR count). The number of aliphatic hydroxyl groups is 1. The second-order valence-corrected chi connectivity index (χ2v) is 4.05. The first kappa shape index (κ1) is 11.5. The summed E-state index contributed by atoms with van der Waals surface area (Å²) < 4.78 is 1.84. The zero-order valence-electron chi connectivity index (χ0n) is 8.39. The summed E-state index contributed by atoms with van der Waals surface area (Å²) >= 11 is 1.65. The van der Waals surface area contributed by atoms with Crippen LogP contribution in [0.3, 0.4) is 0 Å². The lowest BCUT2D eigenvalue weighted by Crippen LogP contribution is -2.05. The number of aliphatic hydroxyl groups excluding tert-OH is 1. The first-order chi connectivity index (χ1) is 6.88. The van der Waals surface area contributed by atoms with Gasteiger partial charge in [-0.3, -0.25) is 0 Å². The molecule has 0 atom stereocenters. The Labute approximate surface area is 87.9 Å². The van der Waals surface area contributed by atoms with Crippen molar-refractivity contribution in [2.75, 3.05) is 12.4 Å². The first-order valence-electron chi connectivity index (χ1n) is 4.82. The van der Waals surface area contributed by atoms with Crippen LogP contribution in [0.25, 0.3) is 0 Å². The average Bonchev–Trinajstić information content (AvgIpc) is 2.63. The predicted molar refractivity (Wildman–Crippen MR) is 56.0 cm³/mol. The van der Waals surface area contributed by atoms with Gasteiger partial charge in [0.1, 0.15) is 0 Å². The lowest BCUT2D eigenvalue weighted by molar-refractivity contribution is 0.322. The fraction of sp³-hybridized carbons (Fsp3) is 0.875. The highest BCUT2D eigenvalue weighted by Gasteiger charge is 2.04. The second-order valence-electron chi connectivity index (χ2n) is 2.95. The maximum absolute atomic E-state index is 8.63. The number of hydrogen-bond donors (Lipinski definition) is 1. The molecule has 1 aromatic rings. The molecule has 0 saturated heterocycles. The van der Waals surface area contributed by atoms with Crippen molar-refractivity contribution >= 4 is 11.8 Å². The third kappa shape index (κ3) is 3.63. The van der Waals surface area contributed by atoms with Crippen molar-refractivity contribution in [1.82, 2.24) is 20.2 Å². The van der Waals surface area contributed by atoms with E-state index in [0.29, 0.717) is 0 Å². The van der Waals surface area contributed by atoms with E-state index in [1.165, 1.54) is 0 Å². The molecule has 0 aliphatic carbocycles. The van der Waals surface area contributed by atoms with Gasteiger partial charge in [-0.1, -0.05) is 13.3 Å². The molecule has 0 amide bonds. The third-order valence-corrected chi connectivity index (χ3v) is 2.73. The van der Waals surface area contributed by atoms with Gasteiger partial charge in [0.25, 0.3) is 0 Å². The Bertz CT molecular complexity index is 253. The van der Waals surface area contributed by atoms with E-state index >= 15 is 0 Å². The van der Waals surface area contributed by atoms with Crippen LogP contribution in [0.1, 0.15) is 25.6 Å². The number of thioether (sulfide) groups is 1. The molecule has 80 valence electrons. The minimum atomic E-state index is 0.210. The fourth-order valence-electron chi connectivity index (χ4n) is 1.04. The van der Waals surface area contributed by atoms with Gasteiger partial charge in [-0.2, -0.15) is 11.8 Å². The SMILES string of the molecule is CCCCn1nnnc1CSCCO. The van der Waals surface area contributed by atoms with Crippen LogP contribution in [-0.2, 0) is 12.3 Å². The van der Waals surface area contributed by atoms with Crippen molar-refractivity contribution in [3.05, 3.63) is 5.82 Å². The molecule has 0 unspecified atom stereocenters. The largest absolute Gasteiger partial charge is 0.396 e.